The third-order valence-corrected chi connectivity index (χ3v) is 10.0. The zero-order valence-electron chi connectivity index (χ0n) is 33.1. The lowest BCUT2D eigenvalue weighted by Gasteiger charge is -2.20. The minimum Gasteiger partial charge on any atom is -0.494 e. The van der Waals surface area contributed by atoms with Crippen LogP contribution in [0.1, 0.15) is 158 Å². The maximum Gasteiger partial charge on any atom is 0.352 e. The first kappa shape index (κ1) is 41.8. The van der Waals surface area contributed by atoms with E-state index in [1.165, 1.54) is 77.0 Å². The number of carbonyl (C=O) groups is 2. The highest BCUT2D eigenvalue weighted by atomic mass is 16.6. The summed E-state index contributed by atoms with van der Waals surface area (Å²) in [6.45, 7) is 11.5. The Hall–Kier alpha value is -4.00. The molecular formula is C46H64O7. The van der Waals surface area contributed by atoms with Crippen molar-refractivity contribution in [3.8, 4) is 28.7 Å². The largest absolute Gasteiger partial charge is 0.494 e. The third-order valence-electron chi connectivity index (χ3n) is 10.0. The molecule has 0 aromatic heterocycles. The van der Waals surface area contributed by atoms with Gasteiger partial charge in [-0.05, 0) is 81.1 Å². The van der Waals surface area contributed by atoms with Gasteiger partial charge in [0.25, 0.3) is 0 Å². The summed E-state index contributed by atoms with van der Waals surface area (Å²) >= 11 is 0. The van der Waals surface area contributed by atoms with E-state index in [1.54, 1.807) is 18.2 Å². The van der Waals surface area contributed by atoms with E-state index < -0.39 is 24.0 Å². The molecule has 7 heteroatoms. The summed E-state index contributed by atoms with van der Waals surface area (Å²) in [5.41, 5.74) is 3.25. The van der Waals surface area contributed by atoms with Crippen LogP contribution in [0.2, 0.25) is 0 Å². The zero-order valence-corrected chi connectivity index (χ0v) is 33.1. The van der Waals surface area contributed by atoms with Crippen molar-refractivity contribution in [2.75, 3.05) is 13.2 Å². The molecule has 0 N–H and O–H groups in total. The van der Waals surface area contributed by atoms with E-state index in [0.717, 1.165) is 36.8 Å². The lowest BCUT2D eigenvalue weighted by molar-refractivity contribution is -0.142. The van der Waals surface area contributed by atoms with E-state index in [9.17, 15) is 9.59 Å². The number of ether oxygens (including phenoxy) is 5. The number of fused-ring (bicyclic) bond motifs is 1. The number of unbranched alkanes of at least 4 members (excludes halogenated alkanes) is 14. The summed E-state index contributed by atoms with van der Waals surface area (Å²) < 4.78 is 30.3. The molecule has 1 heterocycles. The van der Waals surface area contributed by atoms with Crippen molar-refractivity contribution >= 4 is 11.9 Å². The SMILES string of the molecule is CCCCCCCCCCOc1ccc(OC(=O)C(CC)Oc2ccc(C)cc2C)c(C2C(=O)Oc3ccc(OCCCCCCCCCC)cc32)c1. The first-order valence-electron chi connectivity index (χ1n) is 20.5. The van der Waals surface area contributed by atoms with Gasteiger partial charge in [0.2, 0.25) is 0 Å². The fourth-order valence-electron chi connectivity index (χ4n) is 6.87. The topological polar surface area (TPSA) is 80.3 Å². The smallest absolute Gasteiger partial charge is 0.352 e. The average Bonchev–Trinajstić information content (AvgIpc) is 3.48. The van der Waals surface area contributed by atoms with E-state index in [-0.39, 0.29) is 5.75 Å². The van der Waals surface area contributed by atoms with Crippen LogP contribution in [0, 0.1) is 13.8 Å². The highest BCUT2D eigenvalue weighted by Crippen LogP contribution is 2.45. The molecule has 53 heavy (non-hydrogen) atoms. The predicted molar refractivity (Wildman–Crippen MR) is 213 cm³/mol. The molecule has 3 aromatic carbocycles. The van der Waals surface area contributed by atoms with Crippen LogP contribution < -0.4 is 23.7 Å². The van der Waals surface area contributed by atoms with Gasteiger partial charge in [-0.25, -0.2) is 4.79 Å². The quantitative estimate of drug-likeness (QED) is 0.0462. The maximum atomic E-state index is 13.7. The molecule has 2 unspecified atom stereocenters. The van der Waals surface area contributed by atoms with Crippen molar-refractivity contribution in [1.29, 1.82) is 0 Å². The Bertz CT molecular complexity index is 1560. The van der Waals surface area contributed by atoms with Gasteiger partial charge in [0.1, 0.15) is 34.7 Å². The number of benzene rings is 3. The first-order chi connectivity index (χ1) is 25.8. The van der Waals surface area contributed by atoms with Gasteiger partial charge in [0, 0.05) is 11.1 Å². The second-order valence-corrected chi connectivity index (χ2v) is 14.6. The minimum absolute atomic E-state index is 0.275. The summed E-state index contributed by atoms with van der Waals surface area (Å²) in [6.07, 6.45) is 19.0. The Morgan fingerprint density at radius 1 is 0.642 bits per heavy atom. The summed E-state index contributed by atoms with van der Waals surface area (Å²) in [7, 11) is 0. The molecule has 3 aromatic rings. The van der Waals surface area contributed by atoms with Crippen LogP contribution in [0.3, 0.4) is 0 Å². The Morgan fingerprint density at radius 3 is 1.74 bits per heavy atom. The normalized spacial score (nSPS) is 14.1. The summed E-state index contributed by atoms with van der Waals surface area (Å²) in [4.78, 5) is 27.2. The molecular weight excluding hydrogens is 664 g/mol. The molecule has 0 radical (unpaired) electrons. The average molecular weight is 729 g/mol. The molecule has 7 nitrogen and oxygen atoms in total. The number of esters is 2. The monoisotopic (exact) mass is 728 g/mol. The van der Waals surface area contributed by atoms with E-state index in [2.05, 4.69) is 13.8 Å². The molecule has 0 saturated heterocycles. The van der Waals surface area contributed by atoms with Gasteiger partial charge in [-0.2, -0.15) is 0 Å². The molecule has 0 amide bonds. The number of carbonyl (C=O) groups excluding carboxylic acids is 2. The van der Waals surface area contributed by atoms with Crippen LogP contribution in [0.15, 0.2) is 54.6 Å². The molecule has 1 aliphatic heterocycles. The standard InChI is InChI=1S/C46H64O7/c1-6-9-11-13-15-17-19-21-29-49-36-24-27-42(52-45(47)40(8-3)51-41-26-23-34(4)31-35(41)5)38(32-36)44-39-33-37(25-28-43(39)53-46(44)48)50-30-22-20-18-16-14-12-10-7-2/h23-28,31-33,40,44H,6-22,29-30H2,1-5H3. The fourth-order valence-corrected chi connectivity index (χ4v) is 6.87. The highest BCUT2D eigenvalue weighted by molar-refractivity contribution is 5.91. The van der Waals surface area contributed by atoms with Gasteiger partial charge in [-0.15, -0.1) is 0 Å². The van der Waals surface area contributed by atoms with Gasteiger partial charge in [-0.1, -0.05) is 128 Å². The molecule has 0 saturated carbocycles. The fraction of sp³-hybridized carbons (Fsp3) is 0.565. The molecule has 2 atom stereocenters. The summed E-state index contributed by atoms with van der Waals surface area (Å²) in [5.74, 6) is 0.909. The molecule has 0 spiro atoms. The first-order valence-corrected chi connectivity index (χ1v) is 20.5. The van der Waals surface area contributed by atoms with Crippen molar-refractivity contribution in [3.63, 3.8) is 0 Å². The lowest BCUT2D eigenvalue weighted by atomic mass is 9.91. The second-order valence-electron chi connectivity index (χ2n) is 14.6. The van der Waals surface area contributed by atoms with Gasteiger partial charge in [0.05, 0.1) is 13.2 Å². The predicted octanol–water partition coefficient (Wildman–Crippen LogP) is 12.2. The van der Waals surface area contributed by atoms with E-state index >= 15 is 0 Å². The number of aryl methyl sites for hydroxylation is 2. The highest BCUT2D eigenvalue weighted by Gasteiger charge is 2.38. The van der Waals surface area contributed by atoms with Gasteiger partial charge in [-0.3, -0.25) is 4.79 Å². The van der Waals surface area contributed by atoms with Crippen molar-refractivity contribution < 1.29 is 33.3 Å². The van der Waals surface area contributed by atoms with Crippen LogP contribution in [-0.4, -0.2) is 31.3 Å². The minimum atomic E-state index is -0.832. The van der Waals surface area contributed by atoms with Crippen molar-refractivity contribution in [1.82, 2.24) is 0 Å². The Labute approximate surface area is 319 Å². The van der Waals surface area contributed by atoms with Gasteiger partial charge >= 0.3 is 11.9 Å². The third kappa shape index (κ3) is 13.4. The molecule has 290 valence electrons. The zero-order chi connectivity index (χ0) is 37.8. The van der Waals surface area contributed by atoms with E-state index in [4.69, 9.17) is 23.7 Å². The van der Waals surface area contributed by atoms with Crippen LogP contribution in [0.25, 0.3) is 0 Å². The summed E-state index contributed by atoms with van der Waals surface area (Å²) in [5, 5.41) is 0. The molecule has 4 rings (SSSR count). The number of hydrogen-bond donors (Lipinski definition) is 0. The Morgan fingerprint density at radius 2 is 1.17 bits per heavy atom. The Kier molecular flexibility index (Phi) is 18.1. The van der Waals surface area contributed by atoms with Crippen molar-refractivity contribution in [2.45, 2.75) is 156 Å². The van der Waals surface area contributed by atoms with Crippen LogP contribution >= 0.6 is 0 Å². The summed E-state index contributed by atoms with van der Waals surface area (Å²) in [6, 6.07) is 16.7. The second kappa shape index (κ2) is 22.9. The van der Waals surface area contributed by atoms with Crippen molar-refractivity contribution in [2.24, 2.45) is 0 Å². The Balaban J connectivity index is 1.48. The molecule has 1 aliphatic rings. The molecule has 0 fully saturated rings. The van der Waals surface area contributed by atoms with E-state index in [0.29, 0.717) is 53.8 Å². The lowest BCUT2D eigenvalue weighted by Crippen LogP contribution is -2.31. The number of rotatable bonds is 26. The van der Waals surface area contributed by atoms with Crippen LogP contribution in [-0.2, 0) is 9.59 Å². The van der Waals surface area contributed by atoms with Crippen LogP contribution in [0.5, 0.6) is 28.7 Å². The molecule has 0 aliphatic carbocycles. The maximum absolute atomic E-state index is 13.7. The van der Waals surface area contributed by atoms with Crippen LogP contribution in [0.4, 0.5) is 0 Å². The van der Waals surface area contributed by atoms with Crippen molar-refractivity contribution in [3.05, 3.63) is 76.9 Å². The van der Waals surface area contributed by atoms with E-state index in [1.807, 2.05) is 57.2 Å². The number of hydrogen-bond acceptors (Lipinski definition) is 7. The van der Waals surface area contributed by atoms with Gasteiger partial charge < -0.3 is 23.7 Å². The molecule has 0 bridgehead atoms. The van der Waals surface area contributed by atoms with Gasteiger partial charge in [0.15, 0.2) is 6.10 Å².